The van der Waals surface area contributed by atoms with Crippen molar-refractivity contribution >= 4 is 15.9 Å². The van der Waals surface area contributed by atoms with Gasteiger partial charge in [-0.25, -0.2) is 0 Å². The predicted octanol–water partition coefficient (Wildman–Crippen LogP) is 2.53. The van der Waals surface area contributed by atoms with E-state index in [0.29, 0.717) is 5.75 Å². The predicted molar refractivity (Wildman–Crippen MR) is 79.8 cm³/mol. The third-order valence-electron chi connectivity index (χ3n) is 3.98. The van der Waals surface area contributed by atoms with Crippen molar-refractivity contribution < 1.29 is 14.6 Å². The molecule has 2 heterocycles. The van der Waals surface area contributed by atoms with Gasteiger partial charge in [0.25, 0.3) is 0 Å². The average molecular weight is 342 g/mol. The normalized spacial score (nSPS) is 27.9. The van der Waals surface area contributed by atoms with E-state index >= 15 is 0 Å². The molecule has 5 heteroatoms. The molecule has 2 atom stereocenters. The van der Waals surface area contributed by atoms with Crippen LogP contribution in [0.4, 0.5) is 0 Å². The van der Waals surface area contributed by atoms with Gasteiger partial charge in [-0.3, -0.25) is 4.90 Å². The molecule has 0 radical (unpaired) electrons. The Labute approximate surface area is 127 Å². The third kappa shape index (κ3) is 3.34. The van der Waals surface area contributed by atoms with Crippen LogP contribution >= 0.6 is 15.9 Å². The number of phenols is 1. The lowest BCUT2D eigenvalue weighted by molar-refractivity contribution is -0.0960. The quantitative estimate of drug-likeness (QED) is 0.917. The molecule has 3 rings (SSSR count). The number of ether oxygens (including phenoxy) is 2. The zero-order chi connectivity index (χ0) is 13.9. The summed E-state index contributed by atoms with van der Waals surface area (Å²) in [6.45, 7) is 4.25. The van der Waals surface area contributed by atoms with Gasteiger partial charge < -0.3 is 14.6 Å². The second kappa shape index (κ2) is 6.43. The number of aromatic hydroxyl groups is 1. The van der Waals surface area contributed by atoms with Crippen LogP contribution in [-0.2, 0) is 16.0 Å². The minimum atomic E-state index is 0.183. The first-order chi connectivity index (χ1) is 9.72. The molecule has 0 aromatic heterocycles. The molecule has 110 valence electrons. The number of hydrogen-bond acceptors (Lipinski definition) is 4. The standard InChI is InChI=1S/C15H20BrNO3/c16-13-4-3-12(18)8-11(13)9-17-5-7-20-15(10-17)14-2-1-6-19-14/h3-4,8,14-15,18H,1-2,5-7,9-10H2/t14-,15-/m1/s1. The van der Waals surface area contributed by atoms with Gasteiger partial charge in [0.05, 0.1) is 18.8 Å². The maximum atomic E-state index is 9.61. The van der Waals surface area contributed by atoms with Crippen LogP contribution < -0.4 is 0 Å². The van der Waals surface area contributed by atoms with Gasteiger partial charge in [0.1, 0.15) is 5.75 Å². The lowest BCUT2D eigenvalue weighted by Crippen LogP contribution is -2.47. The van der Waals surface area contributed by atoms with E-state index in [9.17, 15) is 5.11 Å². The first kappa shape index (κ1) is 14.3. The molecule has 2 saturated heterocycles. The van der Waals surface area contributed by atoms with Gasteiger partial charge >= 0.3 is 0 Å². The number of rotatable bonds is 3. The van der Waals surface area contributed by atoms with Crippen molar-refractivity contribution in [1.29, 1.82) is 0 Å². The molecule has 1 aromatic rings. The first-order valence-electron chi connectivity index (χ1n) is 7.15. The highest BCUT2D eigenvalue weighted by Crippen LogP contribution is 2.25. The Morgan fingerprint density at radius 2 is 2.10 bits per heavy atom. The highest BCUT2D eigenvalue weighted by molar-refractivity contribution is 9.10. The maximum absolute atomic E-state index is 9.61. The Kier molecular flexibility index (Phi) is 4.61. The SMILES string of the molecule is Oc1ccc(Br)c(CN2CCO[C@@H]([C@H]3CCCO3)C2)c1. The molecule has 0 amide bonds. The molecule has 0 saturated carbocycles. The van der Waals surface area contributed by atoms with Crippen LogP contribution in [0, 0.1) is 0 Å². The van der Waals surface area contributed by atoms with E-state index in [4.69, 9.17) is 9.47 Å². The van der Waals surface area contributed by atoms with Crippen LogP contribution in [0.3, 0.4) is 0 Å². The zero-order valence-electron chi connectivity index (χ0n) is 11.4. The fourth-order valence-corrected chi connectivity index (χ4v) is 3.29. The fourth-order valence-electron chi connectivity index (χ4n) is 2.92. The summed E-state index contributed by atoms with van der Waals surface area (Å²) in [4.78, 5) is 2.37. The Morgan fingerprint density at radius 1 is 1.25 bits per heavy atom. The van der Waals surface area contributed by atoms with Gasteiger partial charge in [-0.2, -0.15) is 0 Å². The third-order valence-corrected chi connectivity index (χ3v) is 4.75. The molecule has 4 nitrogen and oxygen atoms in total. The molecule has 0 aliphatic carbocycles. The van der Waals surface area contributed by atoms with Crippen LogP contribution in [0.1, 0.15) is 18.4 Å². The molecule has 0 unspecified atom stereocenters. The summed E-state index contributed by atoms with van der Waals surface area (Å²) in [6.07, 6.45) is 2.68. The minimum absolute atomic E-state index is 0.183. The van der Waals surface area contributed by atoms with E-state index in [-0.39, 0.29) is 12.2 Å². The van der Waals surface area contributed by atoms with E-state index < -0.39 is 0 Å². The molecule has 1 aromatic carbocycles. The summed E-state index contributed by atoms with van der Waals surface area (Å²) in [7, 11) is 0. The van der Waals surface area contributed by atoms with Gasteiger partial charge in [0.15, 0.2) is 0 Å². The van der Waals surface area contributed by atoms with E-state index in [1.807, 2.05) is 12.1 Å². The molecule has 0 spiro atoms. The second-order valence-corrected chi connectivity index (χ2v) is 6.33. The molecule has 2 aliphatic rings. The molecular weight excluding hydrogens is 322 g/mol. The van der Waals surface area contributed by atoms with Crippen molar-refractivity contribution in [3.8, 4) is 5.75 Å². The molecule has 2 aliphatic heterocycles. The second-order valence-electron chi connectivity index (χ2n) is 5.47. The number of benzene rings is 1. The topological polar surface area (TPSA) is 41.9 Å². The highest BCUT2D eigenvalue weighted by Gasteiger charge is 2.31. The van der Waals surface area contributed by atoms with Crippen molar-refractivity contribution in [2.24, 2.45) is 0 Å². The Balaban J connectivity index is 1.63. The molecule has 2 fully saturated rings. The minimum Gasteiger partial charge on any atom is -0.508 e. The molecular formula is C15H20BrNO3. The van der Waals surface area contributed by atoms with Gasteiger partial charge in [-0.1, -0.05) is 15.9 Å². The summed E-state index contributed by atoms with van der Waals surface area (Å²) >= 11 is 3.54. The van der Waals surface area contributed by atoms with Crippen molar-refractivity contribution in [3.05, 3.63) is 28.2 Å². The summed E-state index contributed by atoms with van der Waals surface area (Å²) < 4.78 is 12.6. The molecule has 1 N–H and O–H groups in total. The maximum Gasteiger partial charge on any atom is 0.115 e. The highest BCUT2D eigenvalue weighted by atomic mass is 79.9. The van der Waals surface area contributed by atoms with Crippen LogP contribution in [0.5, 0.6) is 5.75 Å². The fraction of sp³-hybridized carbons (Fsp3) is 0.600. The van der Waals surface area contributed by atoms with Crippen LogP contribution in [0.15, 0.2) is 22.7 Å². The molecule has 0 bridgehead atoms. The van der Waals surface area contributed by atoms with Crippen molar-refractivity contribution in [1.82, 2.24) is 4.90 Å². The van der Waals surface area contributed by atoms with Gasteiger partial charge in [-0.05, 0) is 36.6 Å². The number of phenolic OH excluding ortho intramolecular Hbond substituents is 1. The van der Waals surface area contributed by atoms with E-state index in [2.05, 4.69) is 20.8 Å². The monoisotopic (exact) mass is 341 g/mol. The van der Waals surface area contributed by atoms with E-state index in [1.54, 1.807) is 6.07 Å². The number of hydrogen-bond donors (Lipinski definition) is 1. The summed E-state index contributed by atoms with van der Waals surface area (Å²) in [5.74, 6) is 0.312. The summed E-state index contributed by atoms with van der Waals surface area (Å²) in [5, 5.41) is 9.61. The largest absolute Gasteiger partial charge is 0.508 e. The molecule has 20 heavy (non-hydrogen) atoms. The lowest BCUT2D eigenvalue weighted by Gasteiger charge is -2.35. The average Bonchev–Trinajstić information content (AvgIpc) is 2.97. The number of nitrogens with zero attached hydrogens (tertiary/aromatic N) is 1. The van der Waals surface area contributed by atoms with Crippen molar-refractivity contribution in [2.45, 2.75) is 31.6 Å². The summed E-state index contributed by atoms with van der Waals surface area (Å²) in [6, 6.07) is 5.41. The first-order valence-corrected chi connectivity index (χ1v) is 7.94. The Hall–Kier alpha value is -0.620. The lowest BCUT2D eigenvalue weighted by atomic mass is 10.1. The van der Waals surface area contributed by atoms with Gasteiger partial charge in [-0.15, -0.1) is 0 Å². The van der Waals surface area contributed by atoms with Gasteiger partial charge in [0.2, 0.25) is 0 Å². The number of morpholine rings is 1. The zero-order valence-corrected chi connectivity index (χ0v) is 13.0. The number of halogens is 1. The Bertz CT molecular complexity index is 462. The van der Waals surface area contributed by atoms with E-state index in [1.165, 1.54) is 0 Å². The van der Waals surface area contributed by atoms with Crippen LogP contribution in [0.2, 0.25) is 0 Å². The van der Waals surface area contributed by atoms with Crippen LogP contribution in [-0.4, -0.2) is 48.5 Å². The summed E-state index contributed by atoms with van der Waals surface area (Å²) in [5.41, 5.74) is 1.11. The Morgan fingerprint density at radius 3 is 2.90 bits per heavy atom. The van der Waals surface area contributed by atoms with Crippen LogP contribution in [0.25, 0.3) is 0 Å². The van der Waals surface area contributed by atoms with Gasteiger partial charge in [0, 0.05) is 30.7 Å². The van der Waals surface area contributed by atoms with Crippen molar-refractivity contribution in [3.63, 3.8) is 0 Å². The van der Waals surface area contributed by atoms with E-state index in [0.717, 1.165) is 55.7 Å². The van der Waals surface area contributed by atoms with Crippen molar-refractivity contribution in [2.75, 3.05) is 26.3 Å². The smallest absolute Gasteiger partial charge is 0.115 e.